The summed E-state index contributed by atoms with van der Waals surface area (Å²) in [6.07, 6.45) is 4.88. The van der Waals surface area contributed by atoms with E-state index >= 15 is 0 Å². The van der Waals surface area contributed by atoms with Gasteiger partial charge < -0.3 is 15.4 Å². The molecule has 1 saturated heterocycles. The summed E-state index contributed by atoms with van der Waals surface area (Å²) >= 11 is 0. The lowest BCUT2D eigenvalue weighted by molar-refractivity contribution is -0.140. The van der Waals surface area contributed by atoms with Crippen LogP contribution in [0.4, 0.5) is 0 Å². The quantitative estimate of drug-likeness (QED) is 0.810. The van der Waals surface area contributed by atoms with Crippen LogP contribution in [-0.4, -0.2) is 43.2 Å². The largest absolute Gasteiger partial charge is 0.381 e. The van der Waals surface area contributed by atoms with E-state index in [-0.39, 0.29) is 12.0 Å². The van der Waals surface area contributed by atoms with E-state index in [9.17, 15) is 4.79 Å². The first-order chi connectivity index (χ1) is 8.59. The number of amides is 1. The van der Waals surface area contributed by atoms with E-state index in [0.29, 0.717) is 17.9 Å². The molecular weight excluding hydrogens is 228 g/mol. The molecule has 3 atom stereocenters. The zero-order chi connectivity index (χ0) is 13.1. The number of ether oxygens (including phenoxy) is 1. The van der Waals surface area contributed by atoms with E-state index in [2.05, 4.69) is 6.92 Å². The molecule has 1 saturated carbocycles. The molecule has 4 heteroatoms. The van der Waals surface area contributed by atoms with Crippen molar-refractivity contribution in [3.05, 3.63) is 0 Å². The average Bonchev–Trinajstić information content (AvgIpc) is 2.38. The lowest BCUT2D eigenvalue weighted by Crippen LogP contribution is -2.47. The minimum Gasteiger partial charge on any atom is -0.381 e. The number of carbonyl (C=O) groups excluding carboxylic acids is 1. The Labute approximate surface area is 110 Å². The summed E-state index contributed by atoms with van der Waals surface area (Å²) in [5, 5.41) is 0. The zero-order valence-corrected chi connectivity index (χ0v) is 11.6. The van der Waals surface area contributed by atoms with Gasteiger partial charge in [0, 0.05) is 38.3 Å². The molecule has 0 aromatic carbocycles. The molecule has 4 nitrogen and oxygen atoms in total. The minimum absolute atomic E-state index is 0.178. The van der Waals surface area contributed by atoms with Gasteiger partial charge in [0.1, 0.15) is 0 Å². The molecule has 0 radical (unpaired) electrons. The SMILES string of the molecule is CC1CC(N)CCC1C(=O)N(C)C1CCOCC1. The van der Waals surface area contributed by atoms with E-state index in [4.69, 9.17) is 10.5 Å². The van der Waals surface area contributed by atoms with Crippen molar-refractivity contribution < 1.29 is 9.53 Å². The van der Waals surface area contributed by atoms with Crippen molar-refractivity contribution in [1.29, 1.82) is 0 Å². The molecule has 1 aliphatic carbocycles. The van der Waals surface area contributed by atoms with Crippen LogP contribution in [0.2, 0.25) is 0 Å². The zero-order valence-electron chi connectivity index (χ0n) is 11.6. The fourth-order valence-electron chi connectivity index (χ4n) is 3.32. The third-order valence-electron chi connectivity index (χ3n) is 4.61. The van der Waals surface area contributed by atoms with E-state index in [1.54, 1.807) is 0 Å². The number of rotatable bonds is 2. The maximum atomic E-state index is 12.6. The molecule has 0 spiro atoms. The minimum atomic E-state index is 0.178. The van der Waals surface area contributed by atoms with Gasteiger partial charge in [-0.05, 0) is 38.0 Å². The first-order valence-electron chi connectivity index (χ1n) is 7.19. The highest BCUT2D eigenvalue weighted by molar-refractivity contribution is 5.79. The second-order valence-corrected chi connectivity index (χ2v) is 5.95. The molecule has 0 aromatic rings. The van der Waals surface area contributed by atoms with Gasteiger partial charge in [0.2, 0.25) is 5.91 Å². The number of nitrogens with two attached hydrogens (primary N) is 1. The Hall–Kier alpha value is -0.610. The Bertz CT molecular complexity index is 290. The molecule has 104 valence electrons. The van der Waals surface area contributed by atoms with Crippen molar-refractivity contribution in [2.24, 2.45) is 17.6 Å². The summed E-state index contributed by atoms with van der Waals surface area (Å²) in [5.74, 6) is 0.919. The molecule has 1 aliphatic heterocycles. The third kappa shape index (κ3) is 3.04. The lowest BCUT2D eigenvalue weighted by Gasteiger charge is -2.38. The van der Waals surface area contributed by atoms with E-state index in [1.165, 1.54) is 0 Å². The number of hydrogen-bond donors (Lipinski definition) is 1. The Balaban J connectivity index is 1.93. The first kappa shape index (κ1) is 13.8. The molecule has 1 amide bonds. The molecule has 3 unspecified atom stereocenters. The Kier molecular flexibility index (Phi) is 4.62. The molecule has 1 heterocycles. The molecule has 0 bridgehead atoms. The van der Waals surface area contributed by atoms with E-state index in [0.717, 1.165) is 45.3 Å². The summed E-state index contributed by atoms with van der Waals surface area (Å²) in [6, 6.07) is 0.659. The van der Waals surface area contributed by atoms with E-state index < -0.39 is 0 Å². The molecule has 2 fully saturated rings. The van der Waals surface area contributed by atoms with Gasteiger partial charge in [0.25, 0.3) is 0 Å². The van der Waals surface area contributed by atoms with Crippen LogP contribution in [-0.2, 0) is 9.53 Å². The van der Waals surface area contributed by atoms with Crippen molar-refractivity contribution in [3.63, 3.8) is 0 Å². The van der Waals surface area contributed by atoms with Crippen LogP contribution in [0.25, 0.3) is 0 Å². The van der Waals surface area contributed by atoms with Gasteiger partial charge in [-0.15, -0.1) is 0 Å². The molecule has 0 aromatic heterocycles. The topological polar surface area (TPSA) is 55.6 Å². The Morgan fingerprint density at radius 2 is 1.89 bits per heavy atom. The summed E-state index contributed by atoms with van der Waals surface area (Å²) in [5.41, 5.74) is 5.96. The summed E-state index contributed by atoms with van der Waals surface area (Å²) in [4.78, 5) is 14.5. The molecular formula is C14H26N2O2. The summed E-state index contributed by atoms with van der Waals surface area (Å²) < 4.78 is 5.36. The van der Waals surface area contributed by atoms with Crippen LogP contribution in [0.5, 0.6) is 0 Å². The number of carbonyl (C=O) groups is 1. The second kappa shape index (κ2) is 6.02. The van der Waals surface area contributed by atoms with Gasteiger partial charge >= 0.3 is 0 Å². The highest BCUT2D eigenvalue weighted by Gasteiger charge is 2.34. The van der Waals surface area contributed by atoms with Crippen molar-refractivity contribution in [3.8, 4) is 0 Å². The van der Waals surface area contributed by atoms with Gasteiger partial charge in [-0.2, -0.15) is 0 Å². The number of hydrogen-bond acceptors (Lipinski definition) is 3. The molecule has 18 heavy (non-hydrogen) atoms. The fraction of sp³-hybridized carbons (Fsp3) is 0.929. The van der Waals surface area contributed by atoms with Crippen LogP contribution in [0, 0.1) is 11.8 Å². The van der Waals surface area contributed by atoms with Crippen LogP contribution < -0.4 is 5.73 Å². The third-order valence-corrected chi connectivity index (χ3v) is 4.61. The van der Waals surface area contributed by atoms with Gasteiger partial charge in [0.05, 0.1) is 0 Å². The summed E-state index contributed by atoms with van der Waals surface area (Å²) in [7, 11) is 1.96. The van der Waals surface area contributed by atoms with Gasteiger partial charge in [0.15, 0.2) is 0 Å². The van der Waals surface area contributed by atoms with Crippen molar-refractivity contribution in [1.82, 2.24) is 4.90 Å². The standard InChI is InChI=1S/C14H26N2O2/c1-10-9-11(15)3-4-13(10)14(17)16(2)12-5-7-18-8-6-12/h10-13H,3-9,15H2,1-2H3. The predicted molar refractivity (Wildman–Crippen MR) is 71.1 cm³/mol. The smallest absolute Gasteiger partial charge is 0.225 e. The van der Waals surface area contributed by atoms with Gasteiger partial charge in [-0.25, -0.2) is 0 Å². The van der Waals surface area contributed by atoms with Crippen molar-refractivity contribution in [2.75, 3.05) is 20.3 Å². The highest BCUT2D eigenvalue weighted by atomic mass is 16.5. The van der Waals surface area contributed by atoms with Crippen LogP contribution in [0.15, 0.2) is 0 Å². The van der Waals surface area contributed by atoms with Crippen molar-refractivity contribution in [2.45, 2.75) is 51.1 Å². The van der Waals surface area contributed by atoms with Crippen LogP contribution in [0.3, 0.4) is 0 Å². The number of nitrogens with zero attached hydrogens (tertiary/aromatic N) is 1. The van der Waals surface area contributed by atoms with Crippen LogP contribution in [0.1, 0.15) is 39.0 Å². The Morgan fingerprint density at radius 1 is 1.22 bits per heavy atom. The second-order valence-electron chi connectivity index (χ2n) is 5.95. The molecule has 2 rings (SSSR count). The monoisotopic (exact) mass is 254 g/mol. The lowest BCUT2D eigenvalue weighted by atomic mass is 9.77. The average molecular weight is 254 g/mol. The maximum Gasteiger partial charge on any atom is 0.225 e. The normalized spacial score (nSPS) is 34.3. The molecule has 2 aliphatic rings. The summed E-state index contributed by atoms with van der Waals surface area (Å²) in [6.45, 7) is 3.74. The van der Waals surface area contributed by atoms with Gasteiger partial charge in [-0.3, -0.25) is 4.79 Å². The van der Waals surface area contributed by atoms with E-state index in [1.807, 2.05) is 11.9 Å². The fourth-order valence-corrected chi connectivity index (χ4v) is 3.32. The van der Waals surface area contributed by atoms with Gasteiger partial charge in [-0.1, -0.05) is 6.92 Å². The maximum absolute atomic E-state index is 12.6. The van der Waals surface area contributed by atoms with Crippen molar-refractivity contribution >= 4 is 5.91 Å². The first-order valence-corrected chi connectivity index (χ1v) is 7.19. The molecule has 2 N–H and O–H groups in total. The predicted octanol–water partition coefficient (Wildman–Crippen LogP) is 1.39. The Morgan fingerprint density at radius 3 is 2.50 bits per heavy atom. The van der Waals surface area contributed by atoms with Crippen LogP contribution >= 0.6 is 0 Å². The highest BCUT2D eigenvalue weighted by Crippen LogP contribution is 2.31.